The van der Waals surface area contributed by atoms with Gasteiger partial charge >= 0.3 is 0 Å². The van der Waals surface area contributed by atoms with Crippen LogP contribution in [0.2, 0.25) is 0 Å². The van der Waals surface area contributed by atoms with Crippen molar-refractivity contribution < 1.29 is 4.74 Å². The Morgan fingerprint density at radius 3 is 2.35 bits per heavy atom. The molecule has 0 radical (unpaired) electrons. The molecule has 0 unspecified atom stereocenters. The molecule has 2 N–H and O–H groups in total. The van der Waals surface area contributed by atoms with Crippen LogP contribution in [0.4, 0.5) is 0 Å². The molecule has 0 heterocycles. The normalized spacial score (nSPS) is 14.3. The van der Waals surface area contributed by atoms with E-state index in [9.17, 15) is 0 Å². The molecule has 1 fully saturated rings. The van der Waals surface area contributed by atoms with Crippen LogP contribution in [0, 0.1) is 13.8 Å². The molecule has 148 valence electrons. The number of hydrogen-bond donors (Lipinski definition) is 2. The third-order valence-electron chi connectivity index (χ3n) is 4.55. The van der Waals surface area contributed by atoms with E-state index in [1.807, 2.05) is 7.05 Å². The van der Waals surface area contributed by atoms with Crippen LogP contribution in [0.3, 0.4) is 0 Å². The van der Waals surface area contributed by atoms with Gasteiger partial charge in [-0.15, -0.1) is 24.0 Å². The highest BCUT2D eigenvalue weighted by Crippen LogP contribution is 2.25. The summed E-state index contributed by atoms with van der Waals surface area (Å²) in [6.07, 6.45) is 3.66. The first-order valence-corrected chi connectivity index (χ1v) is 9.37. The van der Waals surface area contributed by atoms with E-state index in [1.165, 1.54) is 29.5 Å². The van der Waals surface area contributed by atoms with Gasteiger partial charge in [0.2, 0.25) is 0 Å². The quantitative estimate of drug-likeness (QED) is 0.311. The molecule has 0 atom stereocenters. The molecule has 0 amide bonds. The van der Waals surface area contributed by atoms with Gasteiger partial charge in [0.15, 0.2) is 5.96 Å². The number of rotatable bonds is 10. The van der Waals surface area contributed by atoms with Crippen LogP contribution in [0.5, 0.6) is 0 Å². The highest BCUT2D eigenvalue weighted by Gasteiger charge is 2.28. The summed E-state index contributed by atoms with van der Waals surface area (Å²) in [5.74, 6) is 0.881. The van der Waals surface area contributed by atoms with Crippen molar-refractivity contribution >= 4 is 29.9 Å². The van der Waals surface area contributed by atoms with Gasteiger partial charge < -0.3 is 15.4 Å². The van der Waals surface area contributed by atoms with E-state index in [4.69, 9.17) is 4.74 Å². The van der Waals surface area contributed by atoms with Gasteiger partial charge in [-0.05, 0) is 38.7 Å². The van der Waals surface area contributed by atoms with Crippen LogP contribution in [0.15, 0.2) is 23.2 Å². The lowest BCUT2D eigenvalue weighted by atomic mass is 10.1. The Morgan fingerprint density at radius 2 is 1.77 bits per heavy atom. The first kappa shape index (κ1) is 23.2. The zero-order chi connectivity index (χ0) is 18.1. The highest BCUT2D eigenvalue weighted by molar-refractivity contribution is 14.0. The number of halogens is 1. The molecular weight excluding hydrogens is 439 g/mol. The van der Waals surface area contributed by atoms with Gasteiger partial charge in [-0.2, -0.15) is 0 Å². The van der Waals surface area contributed by atoms with E-state index in [-0.39, 0.29) is 24.0 Å². The third kappa shape index (κ3) is 8.68. The molecular formula is C20H35IN4O. The predicted octanol–water partition coefficient (Wildman–Crippen LogP) is 2.74. The first-order valence-electron chi connectivity index (χ1n) is 9.37. The zero-order valence-electron chi connectivity index (χ0n) is 16.7. The van der Waals surface area contributed by atoms with Gasteiger partial charge in [0.1, 0.15) is 0 Å². The summed E-state index contributed by atoms with van der Waals surface area (Å²) in [5, 5.41) is 6.84. The Hall–Kier alpha value is -0.860. The van der Waals surface area contributed by atoms with E-state index in [0.29, 0.717) is 0 Å². The van der Waals surface area contributed by atoms with Crippen LogP contribution in [0.1, 0.15) is 29.5 Å². The number of methoxy groups -OCH3 is 1. The minimum absolute atomic E-state index is 0. The molecule has 5 nitrogen and oxygen atoms in total. The Labute approximate surface area is 176 Å². The molecule has 26 heavy (non-hydrogen) atoms. The number of guanidine groups is 1. The summed E-state index contributed by atoms with van der Waals surface area (Å²) in [6.45, 7) is 8.95. The number of hydrogen-bond acceptors (Lipinski definition) is 3. The number of benzene rings is 1. The number of ether oxygens (including phenoxy) is 1. The monoisotopic (exact) mass is 474 g/mol. The third-order valence-corrected chi connectivity index (χ3v) is 4.55. The number of nitrogens with one attached hydrogen (secondary N) is 2. The second-order valence-corrected chi connectivity index (χ2v) is 6.93. The second kappa shape index (κ2) is 12.5. The number of aryl methyl sites for hydroxylation is 2. The van der Waals surface area contributed by atoms with E-state index in [2.05, 4.69) is 52.6 Å². The molecule has 1 aromatic rings. The van der Waals surface area contributed by atoms with Crippen LogP contribution in [-0.4, -0.2) is 63.8 Å². The minimum Gasteiger partial charge on any atom is -0.383 e. The smallest absolute Gasteiger partial charge is 0.191 e. The van der Waals surface area contributed by atoms with E-state index < -0.39 is 0 Å². The lowest BCUT2D eigenvalue weighted by Gasteiger charge is -2.22. The van der Waals surface area contributed by atoms with Crippen molar-refractivity contribution in [3.8, 4) is 0 Å². The van der Waals surface area contributed by atoms with Gasteiger partial charge in [-0.25, -0.2) is 0 Å². The van der Waals surface area contributed by atoms with Crippen molar-refractivity contribution in [1.82, 2.24) is 15.5 Å². The summed E-state index contributed by atoms with van der Waals surface area (Å²) in [4.78, 5) is 6.84. The fourth-order valence-corrected chi connectivity index (χ4v) is 3.20. The highest BCUT2D eigenvalue weighted by atomic mass is 127. The van der Waals surface area contributed by atoms with Crippen molar-refractivity contribution in [1.29, 1.82) is 0 Å². The largest absolute Gasteiger partial charge is 0.383 e. The maximum absolute atomic E-state index is 5.21. The first-order chi connectivity index (χ1) is 12.1. The molecule has 0 spiro atoms. The average Bonchev–Trinajstić information content (AvgIpc) is 3.40. The summed E-state index contributed by atoms with van der Waals surface area (Å²) in [7, 11) is 3.60. The molecule has 0 bridgehead atoms. The zero-order valence-corrected chi connectivity index (χ0v) is 19.0. The van der Waals surface area contributed by atoms with Crippen LogP contribution in [-0.2, 0) is 11.2 Å². The lowest BCUT2D eigenvalue weighted by molar-refractivity contribution is 0.144. The second-order valence-electron chi connectivity index (χ2n) is 6.93. The van der Waals surface area contributed by atoms with Crippen molar-refractivity contribution in [2.75, 3.05) is 46.9 Å². The molecule has 0 aliphatic heterocycles. The number of aliphatic imine (C=N–C) groups is 1. The summed E-state index contributed by atoms with van der Waals surface area (Å²) in [5.41, 5.74) is 4.03. The van der Waals surface area contributed by atoms with Gasteiger partial charge in [0, 0.05) is 46.4 Å². The maximum Gasteiger partial charge on any atom is 0.191 e. The molecule has 1 saturated carbocycles. The van der Waals surface area contributed by atoms with Gasteiger partial charge in [-0.1, -0.05) is 29.3 Å². The van der Waals surface area contributed by atoms with Gasteiger partial charge in [0.05, 0.1) is 6.61 Å². The van der Waals surface area contributed by atoms with Crippen LogP contribution < -0.4 is 10.6 Å². The summed E-state index contributed by atoms with van der Waals surface area (Å²) < 4.78 is 5.21. The lowest BCUT2D eigenvalue weighted by Crippen LogP contribution is -2.43. The van der Waals surface area contributed by atoms with Crippen molar-refractivity contribution in [2.24, 2.45) is 4.99 Å². The Bertz CT molecular complexity index is 540. The van der Waals surface area contributed by atoms with Gasteiger partial charge in [-0.3, -0.25) is 9.89 Å². The fourth-order valence-electron chi connectivity index (χ4n) is 3.20. The van der Waals surface area contributed by atoms with Crippen LogP contribution >= 0.6 is 24.0 Å². The summed E-state index contributed by atoms with van der Waals surface area (Å²) in [6, 6.07) is 7.49. The summed E-state index contributed by atoms with van der Waals surface area (Å²) >= 11 is 0. The maximum atomic E-state index is 5.21. The average molecular weight is 474 g/mol. The predicted molar refractivity (Wildman–Crippen MR) is 121 cm³/mol. The van der Waals surface area contributed by atoms with E-state index >= 15 is 0 Å². The molecule has 6 heteroatoms. The molecule has 1 aromatic carbocycles. The van der Waals surface area contributed by atoms with E-state index in [0.717, 1.165) is 51.2 Å². The van der Waals surface area contributed by atoms with Gasteiger partial charge in [0.25, 0.3) is 0 Å². The molecule has 1 aliphatic carbocycles. The van der Waals surface area contributed by atoms with Crippen molar-refractivity contribution in [3.63, 3.8) is 0 Å². The molecule has 0 saturated heterocycles. The van der Waals surface area contributed by atoms with Crippen molar-refractivity contribution in [3.05, 3.63) is 34.9 Å². The SMILES string of the molecule is CN=C(NCCc1cc(C)cc(C)c1)NCCN(CCOC)C1CC1.I. The number of nitrogens with zero attached hydrogens (tertiary/aromatic N) is 2. The fraction of sp³-hybridized carbons (Fsp3) is 0.650. The topological polar surface area (TPSA) is 48.9 Å². The minimum atomic E-state index is 0. The standard InChI is InChI=1S/C20H34N4O.HI/c1-16-13-17(2)15-18(14-16)7-8-22-20(21-3)23-9-10-24(11-12-25-4)19-5-6-19;/h13-15,19H,5-12H2,1-4H3,(H2,21,22,23);1H. The Morgan fingerprint density at radius 1 is 1.12 bits per heavy atom. The molecule has 2 rings (SSSR count). The Balaban J connectivity index is 0.00000338. The van der Waals surface area contributed by atoms with E-state index in [1.54, 1.807) is 7.11 Å². The van der Waals surface area contributed by atoms with Crippen molar-refractivity contribution in [2.45, 2.75) is 39.2 Å². The molecule has 0 aromatic heterocycles. The van der Waals surface area contributed by atoms with Crippen LogP contribution in [0.25, 0.3) is 0 Å². The molecule has 1 aliphatic rings. The Kier molecular flexibility index (Phi) is 11.2.